The van der Waals surface area contributed by atoms with Crippen molar-refractivity contribution in [1.29, 1.82) is 0 Å². The lowest BCUT2D eigenvalue weighted by atomic mass is 10.1. The van der Waals surface area contributed by atoms with E-state index in [0.717, 1.165) is 10.9 Å². The highest BCUT2D eigenvalue weighted by molar-refractivity contribution is 9.10. The van der Waals surface area contributed by atoms with E-state index in [0.29, 0.717) is 11.3 Å². The molecule has 0 heterocycles. The predicted octanol–water partition coefficient (Wildman–Crippen LogP) is 2.56. The first kappa shape index (κ1) is 12.0. The van der Waals surface area contributed by atoms with Crippen molar-refractivity contribution in [3.8, 4) is 0 Å². The predicted molar refractivity (Wildman–Crippen MR) is 65.8 cm³/mol. The lowest BCUT2D eigenvalue weighted by Gasteiger charge is -2.13. The van der Waals surface area contributed by atoms with Gasteiger partial charge >= 0.3 is 0 Å². The van der Waals surface area contributed by atoms with Crippen molar-refractivity contribution < 1.29 is 4.79 Å². The van der Waals surface area contributed by atoms with Crippen LogP contribution in [0.2, 0.25) is 0 Å². The summed E-state index contributed by atoms with van der Waals surface area (Å²) in [4.78, 5) is 11.8. The quantitative estimate of drug-likeness (QED) is 0.830. The summed E-state index contributed by atoms with van der Waals surface area (Å²) >= 11 is 3.29. The molecular formula is C11H15BrN2O. The Morgan fingerprint density at radius 2 is 2.27 bits per heavy atom. The van der Waals surface area contributed by atoms with Crippen LogP contribution in [-0.2, 0) is 0 Å². The molecule has 0 saturated heterocycles. The largest absolute Gasteiger partial charge is 0.397 e. The lowest BCUT2D eigenvalue weighted by Crippen LogP contribution is -2.32. The van der Waals surface area contributed by atoms with Crippen molar-refractivity contribution in [1.82, 2.24) is 5.32 Å². The molecule has 82 valence electrons. The topological polar surface area (TPSA) is 55.1 Å². The van der Waals surface area contributed by atoms with Gasteiger partial charge in [0.25, 0.3) is 5.91 Å². The first-order valence-corrected chi connectivity index (χ1v) is 5.70. The molecule has 0 aliphatic rings. The van der Waals surface area contributed by atoms with Crippen molar-refractivity contribution in [2.75, 3.05) is 5.73 Å². The maximum absolute atomic E-state index is 11.8. The number of nitrogens with one attached hydrogen (secondary N) is 1. The van der Waals surface area contributed by atoms with Gasteiger partial charge in [0.05, 0.1) is 11.3 Å². The Labute approximate surface area is 98.2 Å². The maximum Gasteiger partial charge on any atom is 0.253 e. The fourth-order valence-corrected chi connectivity index (χ4v) is 1.50. The number of rotatable bonds is 3. The molecule has 0 spiro atoms. The molecule has 3 N–H and O–H groups in total. The van der Waals surface area contributed by atoms with E-state index in [1.165, 1.54) is 0 Å². The second kappa shape index (κ2) is 5.16. The van der Waals surface area contributed by atoms with Gasteiger partial charge < -0.3 is 11.1 Å². The number of para-hydroxylation sites is 1. The van der Waals surface area contributed by atoms with E-state index in [1.807, 2.05) is 19.9 Å². The summed E-state index contributed by atoms with van der Waals surface area (Å²) in [6.45, 7) is 3.99. The second-order valence-electron chi connectivity index (χ2n) is 3.48. The molecule has 1 atom stereocenters. The number of hydrogen-bond donors (Lipinski definition) is 2. The summed E-state index contributed by atoms with van der Waals surface area (Å²) in [5, 5.41) is 2.87. The normalized spacial score (nSPS) is 12.2. The SMILES string of the molecule is CCC(C)NC(=O)c1cccc(Br)c1N. The Bertz CT molecular complexity index is 366. The number of nitrogens with two attached hydrogens (primary N) is 1. The van der Waals surface area contributed by atoms with Gasteiger partial charge in [0.2, 0.25) is 0 Å². The number of nitrogen functional groups attached to an aromatic ring is 1. The van der Waals surface area contributed by atoms with E-state index in [-0.39, 0.29) is 11.9 Å². The van der Waals surface area contributed by atoms with E-state index in [9.17, 15) is 4.79 Å². The highest BCUT2D eigenvalue weighted by Gasteiger charge is 2.12. The van der Waals surface area contributed by atoms with Gasteiger partial charge in [0, 0.05) is 10.5 Å². The fourth-order valence-electron chi connectivity index (χ4n) is 1.14. The first-order chi connectivity index (χ1) is 7.06. The first-order valence-electron chi connectivity index (χ1n) is 4.91. The van der Waals surface area contributed by atoms with Crippen LogP contribution in [-0.4, -0.2) is 11.9 Å². The number of amides is 1. The molecule has 0 aliphatic heterocycles. The summed E-state index contributed by atoms with van der Waals surface area (Å²) in [7, 11) is 0. The molecule has 0 bridgehead atoms. The molecule has 3 nitrogen and oxygen atoms in total. The van der Waals surface area contributed by atoms with Gasteiger partial charge in [-0.3, -0.25) is 4.79 Å². The smallest absolute Gasteiger partial charge is 0.253 e. The molecule has 0 aliphatic carbocycles. The van der Waals surface area contributed by atoms with Crippen molar-refractivity contribution in [3.63, 3.8) is 0 Å². The van der Waals surface area contributed by atoms with Crippen LogP contribution >= 0.6 is 15.9 Å². The zero-order chi connectivity index (χ0) is 11.4. The molecule has 0 fully saturated rings. The van der Waals surface area contributed by atoms with Crippen LogP contribution in [0.4, 0.5) is 5.69 Å². The Morgan fingerprint density at radius 1 is 1.60 bits per heavy atom. The number of halogens is 1. The molecule has 1 unspecified atom stereocenters. The summed E-state index contributed by atoms with van der Waals surface area (Å²) in [6, 6.07) is 5.50. The van der Waals surface area contributed by atoms with Crippen LogP contribution in [0.15, 0.2) is 22.7 Å². The molecule has 1 aromatic carbocycles. The average molecular weight is 271 g/mol. The number of benzene rings is 1. The standard InChI is InChI=1S/C11H15BrN2O/c1-3-7(2)14-11(15)8-5-4-6-9(12)10(8)13/h4-7H,3,13H2,1-2H3,(H,14,15). The Hall–Kier alpha value is -1.03. The molecule has 1 rings (SSSR count). The van der Waals surface area contributed by atoms with Gasteiger partial charge in [-0.1, -0.05) is 13.0 Å². The fraction of sp³-hybridized carbons (Fsp3) is 0.364. The number of hydrogen-bond acceptors (Lipinski definition) is 2. The van der Waals surface area contributed by atoms with E-state index >= 15 is 0 Å². The van der Waals surface area contributed by atoms with Gasteiger partial charge in [-0.05, 0) is 41.4 Å². The number of carbonyl (C=O) groups is 1. The van der Waals surface area contributed by atoms with Crippen LogP contribution in [0.5, 0.6) is 0 Å². The summed E-state index contributed by atoms with van der Waals surface area (Å²) in [5.41, 5.74) is 6.80. The third-order valence-corrected chi connectivity index (χ3v) is 2.98. The molecule has 15 heavy (non-hydrogen) atoms. The van der Waals surface area contributed by atoms with E-state index in [2.05, 4.69) is 21.2 Å². The van der Waals surface area contributed by atoms with Crippen molar-refractivity contribution >= 4 is 27.5 Å². The third-order valence-electron chi connectivity index (χ3n) is 2.29. The molecule has 0 aromatic heterocycles. The van der Waals surface area contributed by atoms with Gasteiger partial charge in [0.15, 0.2) is 0 Å². The maximum atomic E-state index is 11.8. The van der Waals surface area contributed by atoms with Crippen LogP contribution in [0, 0.1) is 0 Å². The minimum Gasteiger partial charge on any atom is -0.397 e. The van der Waals surface area contributed by atoms with Gasteiger partial charge in [-0.2, -0.15) is 0 Å². The Morgan fingerprint density at radius 3 is 2.87 bits per heavy atom. The summed E-state index contributed by atoms with van der Waals surface area (Å²) in [6.07, 6.45) is 0.902. The molecule has 0 radical (unpaired) electrons. The summed E-state index contributed by atoms with van der Waals surface area (Å²) in [5.74, 6) is -0.122. The van der Waals surface area contributed by atoms with Gasteiger partial charge in [-0.15, -0.1) is 0 Å². The van der Waals surface area contributed by atoms with Crippen LogP contribution < -0.4 is 11.1 Å². The molecule has 0 saturated carbocycles. The van der Waals surface area contributed by atoms with E-state index < -0.39 is 0 Å². The summed E-state index contributed by atoms with van der Waals surface area (Å²) < 4.78 is 0.749. The molecule has 1 amide bonds. The minimum atomic E-state index is -0.122. The van der Waals surface area contributed by atoms with E-state index in [1.54, 1.807) is 12.1 Å². The zero-order valence-electron chi connectivity index (χ0n) is 8.88. The Balaban J connectivity index is 2.87. The second-order valence-corrected chi connectivity index (χ2v) is 4.34. The highest BCUT2D eigenvalue weighted by atomic mass is 79.9. The lowest BCUT2D eigenvalue weighted by molar-refractivity contribution is 0.0940. The van der Waals surface area contributed by atoms with Crippen molar-refractivity contribution in [3.05, 3.63) is 28.2 Å². The number of anilines is 1. The molecule has 1 aromatic rings. The van der Waals surface area contributed by atoms with Crippen LogP contribution in [0.25, 0.3) is 0 Å². The zero-order valence-corrected chi connectivity index (χ0v) is 10.5. The number of carbonyl (C=O) groups excluding carboxylic acids is 1. The molecular weight excluding hydrogens is 256 g/mol. The van der Waals surface area contributed by atoms with Crippen molar-refractivity contribution in [2.45, 2.75) is 26.3 Å². The molecule has 4 heteroatoms. The monoisotopic (exact) mass is 270 g/mol. The Kier molecular flexibility index (Phi) is 4.15. The van der Waals surface area contributed by atoms with E-state index in [4.69, 9.17) is 5.73 Å². The van der Waals surface area contributed by atoms with Crippen LogP contribution in [0.1, 0.15) is 30.6 Å². The van der Waals surface area contributed by atoms with Gasteiger partial charge in [0.1, 0.15) is 0 Å². The van der Waals surface area contributed by atoms with Crippen molar-refractivity contribution in [2.24, 2.45) is 0 Å². The van der Waals surface area contributed by atoms with Gasteiger partial charge in [-0.25, -0.2) is 0 Å². The van der Waals surface area contributed by atoms with Crippen LogP contribution in [0.3, 0.4) is 0 Å². The third kappa shape index (κ3) is 2.96. The highest BCUT2D eigenvalue weighted by Crippen LogP contribution is 2.22. The average Bonchev–Trinajstić information content (AvgIpc) is 2.21. The minimum absolute atomic E-state index is 0.122.